The molecule has 0 saturated heterocycles. The van der Waals surface area contributed by atoms with Crippen molar-refractivity contribution >= 4 is 40.1 Å². The number of carbonyl (C=O) groups excluding carboxylic acids is 1. The van der Waals surface area contributed by atoms with Crippen molar-refractivity contribution in [3.05, 3.63) is 59.2 Å². The number of halogens is 1. The van der Waals surface area contributed by atoms with Crippen LogP contribution in [0.3, 0.4) is 0 Å². The normalized spacial score (nSPS) is 11.7. The molecular weight excluding hydrogens is 431 g/mol. The number of aromatic nitrogens is 1. The molecule has 0 bridgehead atoms. The van der Waals surface area contributed by atoms with Crippen LogP contribution in [0.15, 0.2) is 47.8 Å². The zero-order valence-electron chi connectivity index (χ0n) is 16.2. The van der Waals surface area contributed by atoms with Crippen LogP contribution in [-0.4, -0.2) is 32.9 Å². The van der Waals surface area contributed by atoms with Gasteiger partial charge in [-0.15, -0.1) is 11.3 Å². The van der Waals surface area contributed by atoms with Crippen molar-refractivity contribution in [3.63, 3.8) is 0 Å². The molecule has 2 aromatic carbocycles. The lowest BCUT2D eigenvalue weighted by atomic mass is 10.2. The van der Waals surface area contributed by atoms with Gasteiger partial charge in [-0.2, -0.15) is 0 Å². The molecule has 0 spiro atoms. The summed E-state index contributed by atoms with van der Waals surface area (Å²) in [6.07, 6.45) is 0. The second kappa shape index (κ2) is 9.79. The second-order valence-corrected chi connectivity index (χ2v) is 7.56. The van der Waals surface area contributed by atoms with Gasteiger partial charge in [0.15, 0.2) is 5.82 Å². The van der Waals surface area contributed by atoms with Gasteiger partial charge in [0, 0.05) is 10.9 Å². The smallest absolute Gasteiger partial charge is 0.338 e. The minimum atomic E-state index is -2.47. The molecule has 158 valence electrons. The maximum absolute atomic E-state index is 13.2. The first-order chi connectivity index (χ1) is 14.4. The van der Waals surface area contributed by atoms with Crippen LogP contribution in [0.2, 0.25) is 0 Å². The molecule has 1 aromatic heterocycles. The number of anilines is 2. The molecule has 0 saturated carbocycles. The molecule has 7 nitrogen and oxygen atoms in total. The molecule has 1 N–H and O–H groups in total. The van der Waals surface area contributed by atoms with Crippen molar-refractivity contribution in [1.29, 1.82) is 0 Å². The van der Waals surface area contributed by atoms with Crippen molar-refractivity contribution in [3.8, 4) is 16.3 Å². The fraction of sp³-hybridized carbons (Fsp3) is 0.200. The van der Waals surface area contributed by atoms with Gasteiger partial charge in [0.05, 0.1) is 18.8 Å². The number of esters is 1. The Morgan fingerprint density at radius 1 is 1.20 bits per heavy atom. The topological polar surface area (TPSA) is 89.0 Å². The highest BCUT2D eigenvalue weighted by molar-refractivity contribution is 7.81. The molecule has 30 heavy (non-hydrogen) atoms. The highest BCUT2D eigenvalue weighted by Crippen LogP contribution is 2.38. The third kappa shape index (κ3) is 4.84. The van der Waals surface area contributed by atoms with Crippen molar-refractivity contribution in [2.45, 2.75) is 13.8 Å². The molecule has 3 rings (SSSR count). The molecule has 3 aromatic rings. The van der Waals surface area contributed by atoms with E-state index < -0.39 is 17.2 Å². The van der Waals surface area contributed by atoms with Gasteiger partial charge >= 0.3 is 5.97 Å². The molecule has 1 atom stereocenters. The number of nitrogens with zero attached hydrogens (tertiary/aromatic N) is 2. The van der Waals surface area contributed by atoms with Gasteiger partial charge < -0.3 is 9.47 Å². The Hall–Kier alpha value is -2.82. The monoisotopic (exact) mass is 450 g/mol. The van der Waals surface area contributed by atoms with Crippen LogP contribution in [0.1, 0.15) is 24.2 Å². The van der Waals surface area contributed by atoms with Crippen molar-refractivity contribution < 1.29 is 27.4 Å². The molecular formula is C20H19FN2O5S2. The summed E-state index contributed by atoms with van der Waals surface area (Å²) in [6.45, 7) is 3.97. The fourth-order valence-electron chi connectivity index (χ4n) is 2.67. The Kier molecular flexibility index (Phi) is 7.14. The fourth-order valence-corrected chi connectivity index (χ4v) is 4.10. The highest BCUT2D eigenvalue weighted by atomic mass is 32.2. The van der Waals surface area contributed by atoms with Crippen molar-refractivity contribution in [2.75, 3.05) is 17.5 Å². The minimum Gasteiger partial charge on any atom is -0.492 e. The van der Waals surface area contributed by atoms with Crippen LogP contribution in [-0.2, 0) is 16.0 Å². The number of thiazole rings is 1. The summed E-state index contributed by atoms with van der Waals surface area (Å²) in [4.78, 5) is 16.5. The number of carbonyl (C=O) groups is 1. The summed E-state index contributed by atoms with van der Waals surface area (Å²) >= 11 is -1.22. The number of benzene rings is 2. The Bertz CT molecular complexity index is 1060. The molecule has 10 heteroatoms. The van der Waals surface area contributed by atoms with E-state index in [-0.39, 0.29) is 41.8 Å². The van der Waals surface area contributed by atoms with E-state index in [0.29, 0.717) is 10.6 Å². The van der Waals surface area contributed by atoms with E-state index in [9.17, 15) is 17.9 Å². The lowest BCUT2D eigenvalue weighted by Crippen LogP contribution is -2.21. The highest BCUT2D eigenvalue weighted by Gasteiger charge is 2.24. The van der Waals surface area contributed by atoms with Gasteiger partial charge in [0.1, 0.15) is 22.3 Å². The molecule has 0 aliphatic heterocycles. The summed E-state index contributed by atoms with van der Waals surface area (Å²) in [5.74, 6) is -0.433. The SMILES string of the molecule is CCOC(=O)c1ccc(N(c2csc(-c3ccc(F)cc3)n2)S(=O)O)c(OCC)c1. The van der Waals surface area contributed by atoms with Gasteiger partial charge in [-0.1, -0.05) is 0 Å². The number of rotatable bonds is 8. The third-order valence-corrected chi connectivity index (χ3v) is 5.51. The maximum atomic E-state index is 13.2. The predicted molar refractivity (Wildman–Crippen MR) is 114 cm³/mol. The van der Waals surface area contributed by atoms with Crippen LogP contribution in [0, 0.1) is 5.82 Å². The largest absolute Gasteiger partial charge is 0.492 e. The van der Waals surface area contributed by atoms with Crippen molar-refractivity contribution in [2.24, 2.45) is 0 Å². The Labute approximate surface area is 179 Å². The number of ether oxygens (including phenoxy) is 2. The van der Waals surface area contributed by atoms with Gasteiger partial charge in [-0.05, 0) is 56.3 Å². The molecule has 0 radical (unpaired) electrons. The minimum absolute atomic E-state index is 0.213. The van der Waals surface area contributed by atoms with E-state index in [0.717, 1.165) is 4.31 Å². The first kappa shape index (κ1) is 21.9. The van der Waals surface area contributed by atoms with Crippen molar-refractivity contribution in [1.82, 2.24) is 4.98 Å². The van der Waals surface area contributed by atoms with E-state index in [2.05, 4.69) is 4.98 Å². The van der Waals surface area contributed by atoms with E-state index in [1.807, 2.05) is 0 Å². The summed E-state index contributed by atoms with van der Waals surface area (Å²) in [7, 11) is 0. The third-order valence-electron chi connectivity index (χ3n) is 3.94. The second-order valence-electron chi connectivity index (χ2n) is 5.88. The summed E-state index contributed by atoms with van der Waals surface area (Å²) in [5.41, 5.74) is 1.21. The van der Waals surface area contributed by atoms with Gasteiger partial charge in [0.2, 0.25) is 0 Å². The van der Waals surface area contributed by atoms with Crippen LogP contribution >= 0.6 is 11.3 Å². The molecule has 0 aliphatic rings. The van der Waals surface area contributed by atoms with Crippen LogP contribution in [0.5, 0.6) is 5.75 Å². The quantitative estimate of drug-likeness (QED) is 0.392. The van der Waals surface area contributed by atoms with E-state index >= 15 is 0 Å². The predicted octanol–water partition coefficient (Wildman–Crippen LogP) is 4.80. The van der Waals surface area contributed by atoms with Crippen LogP contribution in [0.4, 0.5) is 15.9 Å². The summed E-state index contributed by atoms with van der Waals surface area (Å²) in [6, 6.07) is 10.3. The number of hydrogen-bond acceptors (Lipinski definition) is 6. The lowest BCUT2D eigenvalue weighted by molar-refractivity contribution is 0.0526. The van der Waals surface area contributed by atoms with E-state index in [4.69, 9.17) is 9.47 Å². The zero-order chi connectivity index (χ0) is 21.7. The molecule has 0 amide bonds. The van der Waals surface area contributed by atoms with Gasteiger partial charge in [0.25, 0.3) is 11.3 Å². The standard InChI is InChI=1S/C20H19FN2O5S2/c1-3-27-17-11-14(20(24)28-4-2)7-10-16(17)23(30(25)26)18-12-29-19(22-18)13-5-8-15(21)9-6-13/h5-12H,3-4H2,1-2H3,(H,25,26). The van der Waals surface area contributed by atoms with Gasteiger partial charge in [-0.25, -0.2) is 22.7 Å². The average molecular weight is 451 g/mol. The molecule has 0 aliphatic carbocycles. The summed E-state index contributed by atoms with van der Waals surface area (Å²) in [5, 5.41) is 2.17. The number of hydrogen-bond donors (Lipinski definition) is 1. The Balaban J connectivity index is 2.01. The van der Waals surface area contributed by atoms with Crippen LogP contribution in [0.25, 0.3) is 10.6 Å². The Morgan fingerprint density at radius 3 is 2.57 bits per heavy atom. The summed E-state index contributed by atoms with van der Waals surface area (Å²) < 4.78 is 47.0. The van der Waals surface area contributed by atoms with E-state index in [1.165, 1.54) is 41.7 Å². The first-order valence-electron chi connectivity index (χ1n) is 9.01. The first-order valence-corrected chi connectivity index (χ1v) is 11.0. The molecule has 0 fully saturated rings. The van der Waals surface area contributed by atoms with E-state index in [1.54, 1.807) is 31.4 Å². The Morgan fingerprint density at radius 2 is 1.93 bits per heavy atom. The molecule has 1 unspecified atom stereocenters. The zero-order valence-corrected chi connectivity index (χ0v) is 17.8. The molecule has 1 heterocycles. The van der Waals surface area contributed by atoms with Crippen LogP contribution < -0.4 is 9.04 Å². The van der Waals surface area contributed by atoms with Gasteiger partial charge in [-0.3, -0.25) is 4.55 Å². The lowest BCUT2D eigenvalue weighted by Gasteiger charge is -2.21. The average Bonchev–Trinajstić information content (AvgIpc) is 3.19. The maximum Gasteiger partial charge on any atom is 0.338 e.